The molecule has 0 aliphatic rings. The van der Waals surface area contributed by atoms with E-state index in [0.717, 1.165) is 11.3 Å². The summed E-state index contributed by atoms with van der Waals surface area (Å²) >= 11 is 5.99. The van der Waals surface area contributed by atoms with E-state index in [0.29, 0.717) is 27.3 Å². The molecule has 4 rings (SSSR count). The van der Waals surface area contributed by atoms with Crippen LogP contribution < -0.4 is 11.0 Å². The summed E-state index contributed by atoms with van der Waals surface area (Å²) in [5, 5.41) is 3.42. The van der Waals surface area contributed by atoms with Gasteiger partial charge in [0.25, 0.3) is 5.91 Å². The van der Waals surface area contributed by atoms with Crippen molar-refractivity contribution < 1.29 is 4.79 Å². The van der Waals surface area contributed by atoms with E-state index in [1.165, 1.54) is 6.20 Å². The molecule has 0 saturated carbocycles. The quantitative estimate of drug-likeness (QED) is 0.516. The normalized spacial score (nSPS) is 10.8. The number of hydrogen-bond donors (Lipinski definition) is 3. The summed E-state index contributed by atoms with van der Waals surface area (Å²) in [6.45, 7) is 0. The van der Waals surface area contributed by atoms with Gasteiger partial charge in [-0.15, -0.1) is 0 Å². The van der Waals surface area contributed by atoms with Gasteiger partial charge in [0.15, 0.2) is 0 Å². The number of halogens is 1. The van der Waals surface area contributed by atoms with E-state index in [-0.39, 0.29) is 11.6 Å². The van der Waals surface area contributed by atoms with Gasteiger partial charge < -0.3 is 15.3 Å². The van der Waals surface area contributed by atoms with Crippen molar-refractivity contribution >= 4 is 34.2 Å². The van der Waals surface area contributed by atoms with Crippen LogP contribution in [0.4, 0.5) is 5.69 Å². The lowest BCUT2D eigenvalue weighted by Crippen LogP contribution is -2.12. The summed E-state index contributed by atoms with van der Waals surface area (Å²) in [5.41, 5.74) is 3.64. The van der Waals surface area contributed by atoms with Crippen molar-refractivity contribution in [3.8, 4) is 11.3 Å². The van der Waals surface area contributed by atoms with Crippen molar-refractivity contribution in [1.82, 2.24) is 15.0 Å². The Morgan fingerprint density at radius 2 is 1.85 bits per heavy atom. The van der Waals surface area contributed by atoms with Crippen molar-refractivity contribution in [2.45, 2.75) is 0 Å². The Balaban J connectivity index is 1.54. The average molecular weight is 365 g/mol. The number of pyridine rings is 1. The fourth-order valence-electron chi connectivity index (χ4n) is 2.66. The summed E-state index contributed by atoms with van der Waals surface area (Å²) in [5.74, 6) is -0.285. The first-order valence-corrected chi connectivity index (χ1v) is 8.22. The number of rotatable bonds is 3. The van der Waals surface area contributed by atoms with Crippen LogP contribution in [0.15, 0.2) is 65.6 Å². The molecule has 0 spiro atoms. The number of aromatic nitrogens is 3. The first-order chi connectivity index (χ1) is 12.6. The van der Waals surface area contributed by atoms with Gasteiger partial charge in [-0.2, -0.15) is 0 Å². The molecule has 128 valence electrons. The molecule has 7 heteroatoms. The van der Waals surface area contributed by atoms with Gasteiger partial charge in [-0.3, -0.25) is 9.78 Å². The number of anilines is 1. The van der Waals surface area contributed by atoms with Crippen molar-refractivity contribution in [2.24, 2.45) is 0 Å². The second-order valence-corrected chi connectivity index (χ2v) is 6.17. The molecule has 2 aromatic carbocycles. The maximum Gasteiger partial charge on any atom is 0.323 e. The van der Waals surface area contributed by atoms with Gasteiger partial charge in [0, 0.05) is 22.5 Å². The van der Waals surface area contributed by atoms with Gasteiger partial charge in [-0.1, -0.05) is 23.7 Å². The predicted molar refractivity (Wildman–Crippen MR) is 102 cm³/mol. The molecule has 0 aliphatic heterocycles. The molecular formula is C19H13ClN4O2. The van der Waals surface area contributed by atoms with Gasteiger partial charge in [-0.25, -0.2) is 4.79 Å². The monoisotopic (exact) mass is 364 g/mol. The van der Waals surface area contributed by atoms with Crippen molar-refractivity contribution in [3.05, 3.63) is 81.9 Å². The van der Waals surface area contributed by atoms with Gasteiger partial charge in [0.2, 0.25) is 0 Å². The SMILES string of the molecule is O=C(Nc1ccc2[nH]c(=O)[nH]c2c1)c1ccc(-c2cccc(Cl)c2)nc1. The highest BCUT2D eigenvalue weighted by atomic mass is 35.5. The number of aromatic amines is 2. The summed E-state index contributed by atoms with van der Waals surface area (Å²) in [6.07, 6.45) is 1.52. The maximum absolute atomic E-state index is 12.4. The number of benzene rings is 2. The Morgan fingerprint density at radius 1 is 1.00 bits per heavy atom. The molecule has 3 N–H and O–H groups in total. The number of H-pyrrole nitrogens is 2. The molecule has 0 fully saturated rings. The van der Waals surface area contributed by atoms with Crippen molar-refractivity contribution in [2.75, 3.05) is 5.32 Å². The lowest BCUT2D eigenvalue weighted by Gasteiger charge is -2.06. The van der Waals surface area contributed by atoms with E-state index >= 15 is 0 Å². The first-order valence-electron chi connectivity index (χ1n) is 7.84. The van der Waals surface area contributed by atoms with E-state index in [1.807, 2.05) is 18.2 Å². The molecule has 1 amide bonds. The fourth-order valence-corrected chi connectivity index (χ4v) is 2.85. The Kier molecular flexibility index (Phi) is 4.02. The topological polar surface area (TPSA) is 90.6 Å². The average Bonchev–Trinajstić information content (AvgIpc) is 3.01. The van der Waals surface area contributed by atoms with Crippen LogP contribution in [0.2, 0.25) is 5.02 Å². The van der Waals surface area contributed by atoms with Crippen LogP contribution in [-0.2, 0) is 0 Å². The minimum absolute atomic E-state index is 0.285. The number of nitrogens with one attached hydrogen (secondary N) is 3. The number of carbonyl (C=O) groups is 1. The summed E-state index contributed by atoms with van der Waals surface area (Å²) < 4.78 is 0. The van der Waals surface area contributed by atoms with Crippen LogP contribution in [0.1, 0.15) is 10.4 Å². The summed E-state index contributed by atoms with van der Waals surface area (Å²) in [4.78, 5) is 33.3. The number of hydrogen-bond acceptors (Lipinski definition) is 3. The highest BCUT2D eigenvalue weighted by molar-refractivity contribution is 6.30. The van der Waals surface area contributed by atoms with Crippen molar-refractivity contribution in [3.63, 3.8) is 0 Å². The Labute approximate surface area is 152 Å². The molecule has 0 unspecified atom stereocenters. The molecule has 0 aliphatic carbocycles. The van der Waals surface area contributed by atoms with Crippen LogP contribution in [0.25, 0.3) is 22.3 Å². The van der Waals surface area contributed by atoms with E-state index in [2.05, 4.69) is 20.3 Å². The van der Waals surface area contributed by atoms with Crippen LogP contribution >= 0.6 is 11.6 Å². The number of amides is 1. The molecule has 4 aromatic rings. The van der Waals surface area contributed by atoms with Crippen LogP contribution in [0.3, 0.4) is 0 Å². The third-order valence-corrected chi connectivity index (χ3v) is 4.15. The van der Waals surface area contributed by atoms with E-state index in [1.54, 1.807) is 36.4 Å². The Bertz CT molecular complexity index is 1160. The fraction of sp³-hybridized carbons (Fsp3) is 0. The zero-order valence-corrected chi connectivity index (χ0v) is 14.2. The Hall–Kier alpha value is -3.38. The van der Waals surface area contributed by atoms with Crippen LogP contribution in [0.5, 0.6) is 0 Å². The predicted octanol–water partition coefficient (Wildman–Crippen LogP) is 3.82. The first kappa shape index (κ1) is 16.1. The molecule has 26 heavy (non-hydrogen) atoms. The molecule has 6 nitrogen and oxygen atoms in total. The number of carbonyl (C=O) groups excluding carboxylic acids is 1. The second kappa shape index (κ2) is 6.50. The molecule has 0 saturated heterocycles. The highest BCUT2D eigenvalue weighted by Crippen LogP contribution is 2.21. The summed E-state index contributed by atoms with van der Waals surface area (Å²) in [7, 11) is 0. The number of imidazole rings is 1. The van der Waals surface area contributed by atoms with Crippen molar-refractivity contribution in [1.29, 1.82) is 0 Å². The molecule has 2 heterocycles. The zero-order chi connectivity index (χ0) is 18.1. The van der Waals surface area contributed by atoms with Crippen LogP contribution in [-0.4, -0.2) is 20.9 Å². The van der Waals surface area contributed by atoms with Gasteiger partial charge in [-0.05, 0) is 42.5 Å². The standard InChI is InChI=1S/C19H13ClN4O2/c20-13-3-1-2-11(8-13)15-6-4-12(10-21-15)18(25)22-14-5-7-16-17(9-14)24-19(26)23-16/h1-10H,(H,22,25)(H2,23,24,26). The molecule has 0 bridgehead atoms. The zero-order valence-electron chi connectivity index (χ0n) is 13.4. The van der Waals surface area contributed by atoms with E-state index in [9.17, 15) is 9.59 Å². The lowest BCUT2D eigenvalue weighted by molar-refractivity contribution is 0.102. The minimum atomic E-state index is -0.288. The van der Waals surface area contributed by atoms with E-state index < -0.39 is 0 Å². The molecule has 0 atom stereocenters. The Morgan fingerprint density at radius 3 is 2.62 bits per heavy atom. The lowest BCUT2D eigenvalue weighted by atomic mass is 10.1. The third-order valence-electron chi connectivity index (χ3n) is 3.92. The van der Waals surface area contributed by atoms with Gasteiger partial charge in [0.1, 0.15) is 0 Å². The molecule has 2 aromatic heterocycles. The largest absolute Gasteiger partial charge is 0.323 e. The van der Waals surface area contributed by atoms with Crippen LogP contribution in [0, 0.1) is 0 Å². The number of fused-ring (bicyclic) bond motifs is 1. The second-order valence-electron chi connectivity index (χ2n) is 5.74. The van der Waals surface area contributed by atoms with E-state index in [4.69, 9.17) is 11.6 Å². The third kappa shape index (κ3) is 3.22. The number of nitrogens with zero attached hydrogens (tertiary/aromatic N) is 1. The molecule has 0 radical (unpaired) electrons. The summed E-state index contributed by atoms with van der Waals surface area (Å²) in [6, 6.07) is 16.0. The minimum Gasteiger partial charge on any atom is -0.322 e. The highest BCUT2D eigenvalue weighted by Gasteiger charge is 2.09. The molecular weight excluding hydrogens is 352 g/mol. The smallest absolute Gasteiger partial charge is 0.322 e. The van der Waals surface area contributed by atoms with Gasteiger partial charge in [0.05, 0.1) is 22.3 Å². The maximum atomic E-state index is 12.4. The van der Waals surface area contributed by atoms with Gasteiger partial charge >= 0.3 is 5.69 Å².